The van der Waals surface area contributed by atoms with Crippen LogP contribution in [0.15, 0.2) is 48.6 Å². The molecule has 1 aliphatic heterocycles. The fraction of sp³-hybridized carbons (Fsp3) is 0.412. The van der Waals surface area contributed by atoms with E-state index in [0.29, 0.717) is 5.57 Å². The van der Waals surface area contributed by atoms with Crippen LogP contribution in [0.1, 0.15) is 52.8 Å². The zero-order chi connectivity index (χ0) is 17.0. The molecule has 0 amide bonds. The molecule has 0 aliphatic carbocycles. The molecule has 122 valence electrons. The average molecular weight is 304 g/mol. The molecule has 0 saturated carbocycles. The van der Waals surface area contributed by atoms with Gasteiger partial charge in [0.05, 0.1) is 18.1 Å². The summed E-state index contributed by atoms with van der Waals surface area (Å²) in [6, 6.07) is 0.119. The van der Waals surface area contributed by atoms with Crippen molar-refractivity contribution in [2.45, 2.75) is 47.1 Å². The van der Waals surface area contributed by atoms with E-state index in [9.17, 15) is 4.79 Å². The number of hydrazine groups is 1. The highest BCUT2D eigenvalue weighted by atomic mass is 16.1. The molecule has 1 aliphatic rings. The number of hydrogen-bond acceptors (Lipinski definition) is 4. The Morgan fingerprint density at radius 1 is 1.36 bits per heavy atom. The Hall–Kier alpha value is -2.14. The number of allylic oxidation sites excluding steroid dienone is 4. The molecule has 1 saturated heterocycles. The summed E-state index contributed by atoms with van der Waals surface area (Å²) in [5.41, 5.74) is 8.80. The van der Waals surface area contributed by atoms with Crippen molar-refractivity contribution < 1.29 is 4.79 Å². The molecule has 1 aromatic heterocycles. The molecule has 2 rings (SSSR count). The van der Waals surface area contributed by atoms with Crippen LogP contribution in [-0.2, 0) is 4.79 Å². The van der Waals surface area contributed by atoms with Gasteiger partial charge in [-0.2, -0.15) is 0 Å². The number of carbonyl (C=O) groups is 1. The van der Waals surface area contributed by atoms with Gasteiger partial charge < -0.3 is 10.4 Å². The van der Waals surface area contributed by atoms with Crippen LogP contribution in [0.3, 0.4) is 0 Å². The molecule has 5 heteroatoms. The predicted octanol–water partition coefficient (Wildman–Crippen LogP) is 3.59. The minimum absolute atomic E-state index is 0.00976. The quantitative estimate of drug-likeness (QED) is 0.587. The van der Waals surface area contributed by atoms with Crippen molar-refractivity contribution in [3.05, 3.63) is 54.3 Å². The van der Waals surface area contributed by atoms with Gasteiger partial charge in [0, 0.05) is 23.9 Å². The van der Waals surface area contributed by atoms with E-state index >= 15 is 0 Å². The number of hydrogen-bond donors (Lipinski definition) is 3. The number of aromatic nitrogens is 2. The molecule has 0 spiro atoms. The third-order valence-corrected chi connectivity index (χ3v) is 2.91. The highest BCUT2D eigenvalue weighted by Crippen LogP contribution is 2.24. The van der Waals surface area contributed by atoms with Crippen LogP contribution in [0.25, 0.3) is 0 Å². The maximum atomic E-state index is 11.8. The van der Waals surface area contributed by atoms with E-state index in [2.05, 4.69) is 27.4 Å². The van der Waals surface area contributed by atoms with Crippen molar-refractivity contribution in [3.8, 4) is 0 Å². The van der Waals surface area contributed by atoms with Crippen molar-refractivity contribution in [2.24, 2.45) is 0 Å². The number of imidazole rings is 1. The van der Waals surface area contributed by atoms with Gasteiger partial charge >= 0.3 is 0 Å². The lowest BCUT2D eigenvalue weighted by Crippen LogP contribution is -2.25. The summed E-state index contributed by atoms with van der Waals surface area (Å²) in [6.07, 6.45) is 8.90. The fourth-order valence-corrected chi connectivity index (χ4v) is 1.80. The van der Waals surface area contributed by atoms with Gasteiger partial charge in [0.2, 0.25) is 0 Å². The number of ketones is 1. The lowest BCUT2D eigenvalue weighted by Gasteiger charge is -2.03. The highest BCUT2D eigenvalue weighted by molar-refractivity contribution is 6.04. The molecule has 0 radical (unpaired) electrons. The molecule has 1 aromatic rings. The van der Waals surface area contributed by atoms with Crippen LogP contribution in [-0.4, -0.2) is 15.8 Å². The van der Waals surface area contributed by atoms with Crippen molar-refractivity contribution in [1.82, 2.24) is 20.8 Å². The summed E-state index contributed by atoms with van der Waals surface area (Å²) in [4.78, 5) is 18.8. The molecule has 5 nitrogen and oxygen atoms in total. The monoisotopic (exact) mass is 304 g/mol. The number of nitrogens with one attached hydrogen (secondary N) is 3. The summed E-state index contributed by atoms with van der Waals surface area (Å²) in [7, 11) is 0. The normalized spacial score (nSPS) is 18.5. The van der Waals surface area contributed by atoms with Crippen LogP contribution in [0.5, 0.6) is 0 Å². The van der Waals surface area contributed by atoms with Gasteiger partial charge in [-0.15, -0.1) is 0 Å². The highest BCUT2D eigenvalue weighted by Gasteiger charge is 2.23. The molecular weight excluding hydrogens is 276 g/mol. The van der Waals surface area contributed by atoms with Gasteiger partial charge in [-0.05, 0) is 13.0 Å². The average Bonchev–Trinajstić information content (AvgIpc) is 3.26. The maximum Gasteiger partial charge on any atom is 0.183 e. The summed E-state index contributed by atoms with van der Waals surface area (Å²) in [6.45, 7) is 13.4. The van der Waals surface area contributed by atoms with Gasteiger partial charge in [-0.25, -0.2) is 10.4 Å². The summed E-state index contributed by atoms with van der Waals surface area (Å²) in [5.74, 6) is -0.00976. The second-order valence-electron chi connectivity index (χ2n) is 4.10. The van der Waals surface area contributed by atoms with E-state index in [0.717, 1.165) is 17.8 Å². The number of nitrogens with zero attached hydrogens (tertiary/aromatic N) is 1. The minimum atomic E-state index is -0.00976. The number of rotatable bonds is 4. The van der Waals surface area contributed by atoms with Crippen LogP contribution < -0.4 is 10.9 Å². The molecule has 1 unspecified atom stereocenters. The van der Waals surface area contributed by atoms with Gasteiger partial charge in [0.15, 0.2) is 5.78 Å². The molecule has 1 fully saturated rings. The molecule has 0 aromatic carbocycles. The first-order chi connectivity index (χ1) is 10.7. The van der Waals surface area contributed by atoms with E-state index in [1.165, 1.54) is 6.08 Å². The zero-order valence-corrected chi connectivity index (χ0v) is 14.2. The third-order valence-electron chi connectivity index (χ3n) is 2.91. The Kier molecular flexibility index (Phi) is 10.4. The van der Waals surface area contributed by atoms with Crippen molar-refractivity contribution in [1.29, 1.82) is 0 Å². The van der Waals surface area contributed by atoms with Gasteiger partial charge in [0.25, 0.3) is 0 Å². The Balaban J connectivity index is 0.00000102. The topological polar surface area (TPSA) is 69.8 Å². The smallest absolute Gasteiger partial charge is 0.183 e. The largest absolute Gasteiger partial charge is 0.347 e. The van der Waals surface area contributed by atoms with E-state index in [1.54, 1.807) is 24.7 Å². The molecule has 1 atom stereocenters. The Labute approximate surface area is 133 Å². The summed E-state index contributed by atoms with van der Waals surface area (Å²) in [5, 5.41) is 0. The lowest BCUT2D eigenvalue weighted by molar-refractivity contribution is -0.111. The van der Waals surface area contributed by atoms with E-state index < -0.39 is 0 Å². The molecular formula is C17H28N4O. The van der Waals surface area contributed by atoms with E-state index in [-0.39, 0.29) is 11.8 Å². The number of H-pyrrole nitrogens is 1. The lowest BCUT2D eigenvalue weighted by atomic mass is 10.1. The third kappa shape index (κ3) is 5.69. The Bertz CT molecular complexity index is 501. The Morgan fingerprint density at radius 2 is 2.05 bits per heavy atom. The predicted molar refractivity (Wildman–Crippen MR) is 92.0 cm³/mol. The van der Waals surface area contributed by atoms with E-state index in [1.807, 2.05) is 34.6 Å². The molecule has 22 heavy (non-hydrogen) atoms. The van der Waals surface area contributed by atoms with Gasteiger partial charge in [0.1, 0.15) is 0 Å². The van der Waals surface area contributed by atoms with Crippen LogP contribution in [0.2, 0.25) is 0 Å². The van der Waals surface area contributed by atoms with Crippen molar-refractivity contribution >= 4 is 5.78 Å². The van der Waals surface area contributed by atoms with Crippen molar-refractivity contribution in [2.75, 3.05) is 0 Å². The second kappa shape index (κ2) is 11.5. The second-order valence-corrected chi connectivity index (χ2v) is 4.10. The Morgan fingerprint density at radius 3 is 2.59 bits per heavy atom. The summed E-state index contributed by atoms with van der Waals surface area (Å²) >= 11 is 0. The standard InChI is InChI=1S/C13H16N4O.2C2H6/c1-3-4-5-13(18)9(2)10-6-11(17-16-10)12-7-14-8-15-12;2*1-2/h3-5,7-8,11,16-17H,1,6H2,2H3,(H,14,15);2*1-2H3/b5-4-,10-9+;;. The number of aromatic amines is 1. The summed E-state index contributed by atoms with van der Waals surface area (Å²) < 4.78 is 0. The maximum absolute atomic E-state index is 11.8. The van der Waals surface area contributed by atoms with Gasteiger partial charge in [-0.3, -0.25) is 4.79 Å². The van der Waals surface area contributed by atoms with Crippen molar-refractivity contribution in [3.63, 3.8) is 0 Å². The zero-order valence-electron chi connectivity index (χ0n) is 14.2. The number of carbonyl (C=O) groups excluding carboxylic acids is 1. The van der Waals surface area contributed by atoms with Crippen LogP contribution in [0.4, 0.5) is 0 Å². The van der Waals surface area contributed by atoms with Gasteiger partial charge in [-0.1, -0.05) is 46.4 Å². The SMILES string of the molecule is C=C/C=C\C(=O)/C(C)=C1\CC(c2cnc[nH]2)NN1.CC.CC. The van der Waals surface area contributed by atoms with Crippen LogP contribution in [0, 0.1) is 0 Å². The van der Waals surface area contributed by atoms with Crippen LogP contribution >= 0.6 is 0 Å². The fourth-order valence-electron chi connectivity index (χ4n) is 1.80. The molecule has 0 bridgehead atoms. The first-order valence-electron chi connectivity index (χ1n) is 7.75. The van der Waals surface area contributed by atoms with E-state index in [4.69, 9.17) is 0 Å². The first-order valence-corrected chi connectivity index (χ1v) is 7.75. The minimum Gasteiger partial charge on any atom is -0.347 e. The molecule has 2 heterocycles. The first kappa shape index (κ1) is 19.9. The molecule has 3 N–H and O–H groups in total.